The van der Waals surface area contributed by atoms with Crippen molar-refractivity contribution in [3.05, 3.63) is 168 Å². The first-order valence-electron chi connectivity index (χ1n) is 22.8. The number of halogens is 4. The number of pyridine rings is 2. The quantitative estimate of drug-likeness (QED) is 0.114. The topological polar surface area (TPSA) is 150 Å². The number of benzene rings is 6. The van der Waals surface area contributed by atoms with Gasteiger partial charge in [-0.2, -0.15) is 0 Å². The number of alkyl halides is 4. The average Bonchev–Trinajstić information content (AvgIpc) is 4.29. The molecule has 2 aliphatic heterocycles. The summed E-state index contributed by atoms with van der Waals surface area (Å²) in [6.07, 6.45) is -5.05. The monoisotopic (exact) mass is 965 g/mol. The number of aromatic nitrogens is 2. The van der Waals surface area contributed by atoms with Crippen LogP contribution in [0.4, 0.5) is 29.2 Å². The van der Waals surface area contributed by atoms with Crippen LogP contribution in [0.3, 0.4) is 0 Å². The van der Waals surface area contributed by atoms with E-state index in [9.17, 15) is 31.9 Å². The van der Waals surface area contributed by atoms with Crippen LogP contribution in [0.25, 0.3) is 44.1 Å². The number of nitrogens with one attached hydrogen (secondary N) is 3. The molecule has 12 nitrogen and oxygen atoms in total. The van der Waals surface area contributed by atoms with Crippen molar-refractivity contribution in [2.75, 3.05) is 10.6 Å². The molecule has 362 valence electrons. The molecule has 2 aliphatic carbocycles. The Morgan fingerprint density at radius 1 is 0.521 bits per heavy atom. The number of hydrogen-bond acceptors (Lipinski definition) is 9. The Bertz CT molecular complexity index is 3460. The first-order chi connectivity index (χ1) is 34.2. The Balaban J connectivity index is 0.000000191. The van der Waals surface area contributed by atoms with Crippen LogP contribution in [0.15, 0.2) is 152 Å². The van der Waals surface area contributed by atoms with Crippen molar-refractivity contribution in [3.63, 3.8) is 0 Å². The summed E-state index contributed by atoms with van der Waals surface area (Å²) in [7, 11) is 0. The molecule has 3 N–H and O–H groups in total. The highest BCUT2D eigenvalue weighted by molar-refractivity contribution is 6.05. The van der Waals surface area contributed by atoms with Crippen LogP contribution >= 0.6 is 0 Å². The number of rotatable bonds is 10. The Labute approximate surface area is 407 Å². The van der Waals surface area contributed by atoms with Crippen LogP contribution in [0.2, 0.25) is 0 Å². The predicted octanol–water partition coefficient (Wildman–Crippen LogP) is 12.2. The molecule has 0 bridgehead atoms. The Hall–Kier alpha value is -8.53. The number of fused-ring (bicyclic) bond motifs is 4. The normalized spacial score (nSPS) is 16.6. The largest absolute Gasteiger partial charge is 0.586 e. The number of nitrogens with zero attached hydrogens (tertiary/aromatic N) is 2. The molecule has 6 aromatic carbocycles. The van der Waals surface area contributed by atoms with Crippen LogP contribution in [0.5, 0.6) is 23.0 Å². The molecular formula is C55H47F4N5O7. The van der Waals surface area contributed by atoms with Gasteiger partial charge in [-0.3, -0.25) is 14.4 Å². The van der Waals surface area contributed by atoms with Crippen LogP contribution in [-0.2, 0) is 31.8 Å². The number of carbonyl (C=O) groups is 3. The lowest BCUT2D eigenvalue weighted by molar-refractivity contribution is -0.287. The van der Waals surface area contributed by atoms with Gasteiger partial charge < -0.3 is 34.9 Å². The minimum Gasteiger partial charge on any atom is -0.395 e. The van der Waals surface area contributed by atoms with Gasteiger partial charge in [0.25, 0.3) is 0 Å². The van der Waals surface area contributed by atoms with E-state index in [1.807, 2.05) is 115 Å². The second-order valence-corrected chi connectivity index (χ2v) is 17.9. The van der Waals surface area contributed by atoms with E-state index in [0.29, 0.717) is 60.7 Å². The Morgan fingerprint density at radius 2 is 0.944 bits per heavy atom. The highest BCUT2D eigenvalue weighted by Gasteiger charge is 2.54. The van der Waals surface area contributed by atoms with Crippen LogP contribution < -0.4 is 34.9 Å². The highest BCUT2D eigenvalue weighted by Crippen LogP contribution is 2.54. The van der Waals surface area contributed by atoms with Gasteiger partial charge in [0.05, 0.1) is 22.2 Å². The van der Waals surface area contributed by atoms with Gasteiger partial charge in [0, 0.05) is 39.6 Å². The molecule has 4 aliphatic rings. The zero-order chi connectivity index (χ0) is 49.1. The van der Waals surface area contributed by atoms with Gasteiger partial charge in [0.1, 0.15) is 11.6 Å². The van der Waals surface area contributed by atoms with E-state index in [1.54, 1.807) is 12.1 Å². The van der Waals surface area contributed by atoms with Crippen molar-refractivity contribution in [2.24, 2.45) is 0 Å². The van der Waals surface area contributed by atoms with Gasteiger partial charge in [-0.05, 0) is 89.5 Å². The first-order valence-corrected chi connectivity index (χ1v) is 22.8. The van der Waals surface area contributed by atoms with E-state index < -0.39 is 23.4 Å². The Kier molecular flexibility index (Phi) is 10.9. The van der Waals surface area contributed by atoms with Gasteiger partial charge >= 0.3 is 12.6 Å². The maximum absolute atomic E-state index is 13.5. The maximum Gasteiger partial charge on any atom is 0.586 e. The van der Waals surface area contributed by atoms with Gasteiger partial charge in [0.2, 0.25) is 17.7 Å². The number of ether oxygens (including phenoxy) is 4. The van der Waals surface area contributed by atoms with Crippen molar-refractivity contribution in [2.45, 2.75) is 62.6 Å². The second-order valence-electron chi connectivity index (χ2n) is 17.9. The van der Waals surface area contributed by atoms with E-state index in [4.69, 9.17) is 9.97 Å². The van der Waals surface area contributed by atoms with E-state index in [0.717, 1.165) is 43.9 Å². The summed E-state index contributed by atoms with van der Waals surface area (Å²) >= 11 is 0. The molecule has 16 heteroatoms. The minimum atomic E-state index is -3.71. The number of hydrogen-bond donors (Lipinski definition) is 3. The van der Waals surface area contributed by atoms with Crippen molar-refractivity contribution in [1.29, 1.82) is 0 Å². The van der Waals surface area contributed by atoms with Crippen LogP contribution in [-0.4, -0.2) is 40.3 Å². The maximum atomic E-state index is 13.5. The summed E-state index contributed by atoms with van der Waals surface area (Å²) in [4.78, 5) is 47.6. The summed E-state index contributed by atoms with van der Waals surface area (Å²) in [5.41, 5.74) is 3.79. The lowest BCUT2D eigenvalue weighted by Gasteiger charge is -2.17. The molecule has 2 aromatic heterocycles. The van der Waals surface area contributed by atoms with Crippen molar-refractivity contribution in [1.82, 2.24) is 15.3 Å². The van der Waals surface area contributed by atoms with Crippen molar-refractivity contribution < 1.29 is 55.2 Å². The van der Waals surface area contributed by atoms with E-state index >= 15 is 0 Å². The second kappa shape index (κ2) is 17.2. The summed E-state index contributed by atoms with van der Waals surface area (Å²) in [5, 5.41) is 12.5. The predicted molar refractivity (Wildman–Crippen MR) is 263 cm³/mol. The van der Waals surface area contributed by atoms with E-state index in [2.05, 4.69) is 34.9 Å². The van der Waals surface area contributed by atoms with Crippen LogP contribution in [0, 0.1) is 0 Å². The van der Waals surface area contributed by atoms with Gasteiger partial charge in [-0.15, -0.1) is 17.6 Å². The molecular weight excluding hydrogens is 919 g/mol. The lowest BCUT2D eigenvalue weighted by atomic mass is 9.94. The standard InChI is InChI=1S/C29H23F2N3O4.C26H18F2N2O3.3H2/c1-17(35)32-16-18-6-8-19(9-7-18)26-22-5-3-2-4-20(22)14-25(33-26)34-27(36)28(12-13-28)21-10-11-23-24(15-21)38-29(30,31)37-23;27-26(28)32-20-11-10-18(15-21(20)33-26)25(12-13-25)24(31)30-22-14-17-8-4-5-9-19(17)23(29-22)16-6-2-1-3-7-16;;;/h2-11,14-15H,12-13,16H2,1H3,(H,32,35)(H,33,34,36);1-11,14-15H,12-13H2,(H,29,30,31);3*1H. The third-order valence-electron chi connectivity index (χ3n) is 13.1. The molecule has 71 heavy (non-hydrogen) atoms. The molecule has 12 rings (SSSR count). The molecule has 0 atom stereocenters. The molecule has 8 aromatic rings. The molecule has 0 spiro atoms. The van der Waals surface area contributed by atoms with E-state index in [1.165, 1.54) is 31.2 Å². The van der Waals surface area contributed by atoms with Crippen molar-refractivity contribution in [3.8, 4) is 45.5 Å². The summed E-state index contributed by atoms with van der Waals surface area (Å²) < 4.78 is 71.9. The fraction of sp³-hybridized carbons (Fsp3) is 0.182. The van der Waals surface area contributed by atoms with E-state index in [-0.39, 0.29) is 45.0 Å². The molecule has 0 saturated heterocycles. The zero-order valence-corrected chi connectivity index (χ0v) is 37.7. The zero-order valence-electron chi connectivity index (χ0n) is 37.7. The molecule has 0 unspecified atom stereocenters. The molecule has 2 fully saturated rings. The fourth-order valence-corrected chi connectivity index (χ4v) is 9.08. The summed E-state index contributed by atoms with van der Waals surface area (Å²) in [5.74, 6) is 0.00404. The molecule has 4 heterocycles. The first kappa shape index (κ1) is 44.9. The number of anilines is 2. The summed E-state index contributed by atoms with van der Waals surface area (Å²) in [6.45, 7) is 1.90. The number of amides is 3. The molecule has 3 amide bonds. The highest BCUT2D eigenvalue weighted by atomic mass is 19.3. The van der Waals surface area contributed by atoms with Gasteiger partial charge in [-0.25, -0.2) is 9.97 Å². The Morgan fingerprint density at radius 3 is 1.39 bits per heavy atom. The third-order valence-corrected chi connectivity index (χ3v) is 13.1. The number of carbonyl (C=O) groups excluding carboxylic acids is 3. The van der Waals surface area contributed by atoms with Gasteiger partial charge in [-0.1, -0.05) is 115 Å². The minimum absolute atomic E-state index is 0. The SMILES string of the molecule is CC(=O)NCc1ccc(-c2nc(NC(=O)C3(c4ccc5c(c4)OC(F)(F)O5)CC3)cc3ccccc23)cc1.O=C(Nc1cc2ccccc2c(-c2ccccc2)n1)C1(c2ccc3c(c2)OC(F)(F)O3)CC1.[HH].[HH].[HH]. The smallest absolute Gasteiger partial charge is 0.395 e. The average molecular weight is 966 g/mol. The van der Waals surface area contributed by atoms with Crippen LogP contribution in [0.1, 0.15) is 53.6 Å². The fourth-order valence-electron chi connectivity index (χ4n) is 9.08. The van der Waals surface area contributed by atoms with Gasteiger partial charge in [0.15, 0.2) is 23.0 Å². The third kappa shape index (κ3) is 8.88. The van der Waals surface area contributed by atoms with Crippen molar-refractivity contribution >= 4 is 50.9 Å². The lowest BCUT2D eigenvalue weighted by Crippen LogP contribution is -2.28. The summed E-state index contributed by atoms with van der Waals surface area (Å²) in [6, 6.07) is 45.8. The molecule has 2 saturated carbocycles. The molecule has 0 radical (unpaired) electrons.